The van der Waals surface area contributed by atoms with Gasteiger partial charge >= 0.3 is 0 Å². The summed E-state index contributed by atoms with van der Waals surface area (Å²) in [6.07, 6.45) is 4.06. The lowest BCUT2D eigenvalue weighted by molar-refractivity contribution is 0.478. The zero-order valence-corrected chi connectivity index (χ0v) is 17.3. The smallest absolute Gasteiger partial charge is 0.227 e. The Morgan fingerprint density at radius 1 is 1.07 bits per heavy atom. The summed E-state index contributed by atoms with van der Waals surface area (Å²) >= 11 is 0. The second kappa shape index (κ2) is 7.66. The van der Waals surface area contributed by atoms with Crippen LogP contribution in [0.1, 0.15) is 39.3 Å². The third-order valence-electron chi connectivity index (χ3n) is 5.09. The Balaban J connectivity index is 1.73. The van der Waals surface area contributed by atoms with E-state index in [1.165, 1.54) is 0 Å². The molecule has 0 amide bonds. The molecule has 3 heterocycles. The molecule has 146 valence electrons. The second-order valence-electron chi connectivity index (χ2n) is 8.49. The largest absolute Gasteiger partial charge is 0.363 e. The first-order chi connectivity index (χ1) is 12.8. The number of hydrogen-bond donors (Lipinski definition) is 0. The fraction of sp³-hybridized carbons (Fsp3) is 0.600. The summed E-state index contributed by atoms with van der Waals surface area (Å²) in [5.74, 6) is 2.63. The fourth-order valence-electron chi connectivity index (χ4n) is 3.29. The van der Waals surface area contributed by atoms with E-state index >= 15 is 0 Å². The molecule has 1 fully saturated rings. The van der Waals surface area contributed by atoms with Crippen LogP contribution in [0.5, 0.6) is 0 Å². The molecule has 0 N–H and O–H groups in total. The Labute approximate surface area is 162 Å². The van der Waals surface area contributed by atoms with Crippen LogP contribution in [-0.4, -0.2) is 60.4 Å². The highest BCUT2D eigenvalue weighted by Gasteiger charge is 2.26. The van der Waals surface area contributed by atoms with Crippen LogP contribution < -0.4 is 14.7 Å². The van der Waals surface area contributed by atoms with Gasteiger partial charge in [0.2, 0.25) is 5.95 Å². The standard InChI is InChI=1S/C20H31N7/c1-20(2,3)16-9-10-18(24-23-16)27-13-7-8-15(14-27)26(6)19-21-12-11-17(22-19)25(4)5/h9-12,15H,7-8,13-14H2,1-6H3. The molecule has 1 aliphatic heterocycles. The molecule has 2 aromatic heterocycles. The minimum Gasteiger partial charge on any atom is -0.363 e. The molecule has 3 rings (SSSR count). The van der Waals surface area contributed by atoms with Gasteiger partial charge in [0, 0.05) is 51.9 Å². The second-order valence-corrected chi connectivity index (χ2v) is 8.49. The van der Waals surface area contributed by atoms with Crippen molar-refractivity contribution in [3.05, 3.63) is 30.1 Å². The van der Waals surface area contributed by atoms with E-state index in [-0.39, 0.29) is 5.41 Å². The van der Waals surface area contributed by atoms with Crippen LogP contribution in [0.2, 0.25) is 0 Å². The van der Waals surface area contributed by atoms with E-state index in [4.69, 9.17) is 0 Å². The third kappa shape index (κ3) is 4.46. The van der Waals surface area contributed by atoms with Crippen LogP contribution in [-0.2, 0) is 5.41 Å². The maximum atomic E-state index is 4.68. The Hall–Kier alpha value is -2.44. The molecule has 0 aliphatic carbocycles. The molecule has 1 unspecified atom stereocenters. The number of anilines is 3. The molecule has 2 aromatic rings. The van der Waals surface area contributed by atoms with E-state index in [1.807, 2.05) is 31.3 Å². The first-order valence-corrected chi connectivity index (χ1v) is 9.58. The molecule has 1 aliphatic rings. The highest BCUT2D eigenvalue weighted by molar-refractivity contribution is 5.44. The van der Waals surface area contributed by atoms with Crippen LogP contribution in [0.15, 0.2) is 24.4 Å². The first kappa shape index (κ1) is 19.3. The number of hydrogen-bond acceptors (Lipinski definition) is 7. The Morgan fingerprint density at radius 2 is 1.85 bits per heavy atom. The van der Waals surface area contributed by atoms with Gasteiger partial charge in [-0.05, 0) is 31.0 Å². The number of rotatable bonds is 4. The first-order valence-electron chi connectivity index (χ1n) is 9.58. The van der Waals surface area contributed by atoms with Crippen molar-refractivity contribution in [1.82, 2.24) is 20.2 Å². The van der Waals surface area contributed by atoms with Crippen molar-refractivity contribution in [2.75, 3.05) is 48.9 Å². The van der Waals surface area contributed by atoms with Crippen molar-refractivity contribution in [3.8, 4) is 0 Å². The highest BCUT2D eigenvalue weighted by atomic mass is 15.3. The van der Waals surface area contributed by atoms with Gasteiger partial charge in [0.25, 0.3) is 0 Å². The molecule has 1 atom stereocenters. The molecule has 27 heavy (non-hydrogen) atoms. The maximum absolute atomic E-state index is 4.68. The number of nitrogens with zero attached hydrogens (tertiary/aromatic N) is 7. The van der Waals surface area contributed by atoms with Gasteiger partial charge in [-0.25, -0.2) is 4.98 Å². The average Bonchev–Trinajstić information content (AvgIpc) is 2.67. The van der Waals surface area contributed by atoms with Crippen molar-refractivity contribution >= 4 is 17.6 Å². The van der Waals surface area contributed by atoms with Crippen LogP contribution in [0, 0.1) is 0 Å². The van der Waals surface area contributed by atoms with Gasteiger partial charge in [-0.3, -0.25) is 0 Å². The summed E-state index contributed by atoms with van der Waals surface area (Å²) in [4.78, 5) is 15.7. The van der Waals surface area contributed by atoms with Gasteiger partial charge in [0.1, 0.15) is 5.82 Å². The van der Waals surface area contributed by atoms with Crippen molar-refractivity contribution < 1.29 is 0 Å². The van der Waals surface area contributed by atoms with E-state index < -0.39 is 0 Å². The lowest BCUT2D eigenvalue weighted by Gasteiger charge is -2.38. The Morgan fingerprint density at radius 3 is 2.48 bits per heavy atom. The van der Waals surface area contributed by atoms with E-state index in [1.54, 1.807) is 0 Å². The monoisotopic (exact) mass is 369 g/mol. The molecule has 0 aromatic carbocycles. The van der Waals surface area contributed by atoms with Crippen LogP contribution in [0.3, 0.4) is 0 Å². The maximum Gasteiger partial charge on any atom is 0.227 e. The minimum atomic E-state index is 0.0188. The predicted molar refractivity (Wildman–Crippen MR) is 111 cm³/mol. The van der Waals surface area contributed by atoms with Gasteiger partial charge in [-0.15, -0.1) is 5.10 Å². The van der Waals surface area contributed by atoms with Crippen LogP contribution >= 0.6 is 0 Å². The molecular weight excluding hydrogens is 338 g/mol. The molecule has 0 bridgehead atoms. The number of aromatic nitrogens is 4. The fourth-order valence-corrected chi connectivity index (χ4v) is 3.29. The molecule has 1 saturated heterocycles. The van der Waals surface area contributed by atoms with Gasteiger partial charge in [-0.1, -0.05) is 20.8 Å². The van der Waals surface area contributed by atoms with E-state index in [9.17, 15) is 0 Å². The molecule has 7 heteroatoms. The number of likely N-dealkylation sites (N-methyl/N-ethyl adjacent to an activating group) is 1. The van der Waals surface area contributed by atoms with Crippen molar-refractivity contribution in [2.45, 2.75) is 45.1 Å². The third-order valence-corrected chi connectivity index (χ3v) is 5.09. The summed E-state index contributed by atoms with van der Waals surface area (Å²) in [6.45, 7) is 8.38. The quantitative estimate of drug-likeness (QED) is 0.821. The SMILES string of the molecule is CN(C)c1ccnc(N(C)C2CCCN(c3ccc(C(C)(C)C)nn3)C2)n1. The number of piperidine rings is 1. The summed E-state index contributed by atoms with van der Waals surface area (Å²) in [5, 5.41) is 8.94. The highest BCUT2D eigenvalue weighted by Crippen LogP contribution is 2.25. The van der Waals surface area contributed by atoms with Crippen LogP contribution in [0.4, 0.5) is 17.6 Å². The van der Waals surface area contributed by atoms with E-state index in [0.717, 1.165) is 49.2 Å². The van der Waals surface area contributed by atoms with Crippen molar-refractivity contribution in [2.24, 2.45) is 0 Å². The van der Waals surface area contributed by atoms with Gasteiger partial charge in [-0.2, -0.15) is 10.1 Å². The Bertz CT molecular complexity index is 752. The molecule has 0 radical (unpaired) electrons. The van der Waals surface area contributed by atoms with Gasteiger partial charge in [0.15, 0.2) is 5.82 Å². The minimum absolute atomic E-state index is 0.0188. The van der Waals surface area contributed by atoms with E-state index in [0.29, 0.717) is 6.04 Å². The molecule has 7 nitrogen and oxygen atoms in total. The van der Waals surface area contributed by atoms with Gasteiger partial charge in [0.05, 0.1) is 5.69 Å². The summed E-state index contributed by atoms with van der Waals surface area (Å²) in [7, 11) is 6.07. The molecular formula is C20H31N7. The van der Waals surface area contributed by atoms with Crippen molar-refractivity contribution in [1.29, 1.82) is 0 Å². The lowest BCUT2D eigenvalue weighted by Crippen LogP contribution is -2.47. The lowest BCUT2D eigenvalue weighted by atomic mass is 9.92. The summed E-state index contributed by atoms with van der Waals surface area (Å²) < 4.78 is 0. The normalized spacial score (nSPS) is 17.7. The Kier molecular flexibility index (Phi) is 5.48. The average molecular weight is 370 g/mol. The zero-order valence-electron chi connectivity index (χ0n) is 17.3. The van der Waals surface area contributed by atoms with Gasteiger partial charge < -0.3 is 14.7 Å². The summed E-state index contributed by atoms with van der Waals surface area (Å²) in [5.41, 5.74) is 1.04. The molecule has 0 spiro atoms. The van der Waals surface area contributed by atoms with Crippen LogP contribution in [0.25, 0.3) is 0 Å². The summed E-state index contributed by atoms with van der Waals surface area (Å²) in [6, 6.07) is 6.47. The zero-order chi connectivity index (χ0) is 19.6. The van der Waals surface area contributed by atoms with E-state index in [2.05, 4.69) is 69.9 Å². The predicted octanol–water partition coefficient (Wildman–Crippen LogP) is 2.74. The topological polar surface area (TPSA) is 61.3 Å². The van der Waals surface area contributed by atoms with Crippen molar-refractivity contribution in [3.63, 3.8) is 0 Å². The molecule has 0 saturated carbocycles.